The zero-order valence-electron chi connectivity index (χ0n) is 12.7. The monoisotopic (exact) mass is 275 g/mol. The van der Waals surface area contributed by atoms with Crippen molar-refractivity contribution >= 4 is 12.7 Å². The summed E-state index contributed by atoms with van der Waals surface area (Å²) in [5.74, 6) is 1.38. The summed E-state index contributed by atoms with van der Waals surface area (Å²) in [6.07, 6.45) is 2.55. The molecule has 0 unspecified atom stereocenters. The molecule has 5 heteroatoms. The van der Waals surface area contributed by atoms with Crippen LogP contribution in [0, 0.1) is 5.92 Å². The van der Waals surface area contributed by atoms with E-state index >= 15 is 0 Å². The molecule has 4 nitrogen and oxygen atoms in total. The summed E-state index contributed by atoms with van der Waals surface area (Å²) in [5.41, 5.74) is 0.0889. The molecule has 1 aromatic rings. The summed E-state index contributed by atoms with van der Waals surface area (Å²) in [7, 11) is -0.426. The van der Waals surface area contributed by atoms with Gasteiger partial charge in [-0.3, -0.25) is 0 Å². The van der Waals surface area contributed by atoms with Crippen molar-refractivity contribution in [3.05, 3.63) is 18.2 Å². The lowest BCUT2D eigenvalue weighted by atomic mass is 9.84. The molecule has 0 spiro atoms. The van der Waals surface area contributed by atoms with E-state index in [9.17, 15) is 0 Å². The second-order valence-corrected chi connectivity index (χ2v) is 6.74. The maximum atomic E-state index is 6.00. The fourth-order valence-electron chi connectivity index (χ4n) is 2.09. The van der Waals surface area contributed by atoms with Gasteiger partial charge in [0.1, 0.15) is 0 Å². The number of hydrogen-bond acceptors (Lipinski definition) is 4. The predicted molar refractivity (Wildman–Crippen MR) is 78.2 cm³/mol. The van der Waals surface area contributed by atoms with Crippen molar-refractivity contribution in [1.29, 1.82) is 0 Å². The first-order valence-corrected chi connectivity index (χ1v) is 7.33. The van der Waals surface area contributed by atoms with Crippen molar-refractivity contribution in [2.45, 2.75) is 51.7 Å². The maximum Gasteiger partial charge on any atom is 0.514 e. The Balaban J connectivity index is 1.72. The Labute approximate surface area is 121 Å². The molecule has 2 aliphatic rings. The van der Waals surface area contributed by atoms with E-state index in [1.807, 2.05) is 45.9 Å². The Bertz CT molecular complexity index is 484. The van der Waals surface area contributed by atoms with Crippen LogP contribution in [-0.2, 0) is 9.31 Å². The maximum absolute atomic E-state index is 6.00. The van der Waals surface area contributed by atoms with Crippen molar-refractivity contribution in [3.8, 4) is 5.88 Å². The standard InChI is InChI=1S/C15H22BNO3/c1-14(2)15(3,4)20-16(19-14)12-6-5-7-13(17-12)18-10-11-8-9-11/h5-7,11H,8-10H2,1-4H3. The number of nitrogens with zero attached hydrogens (tertiary/aromatic N) is 1. The zero-order chi connectivity index (χ0) is 14.4. The van der Waals surface area contributed by atoms with Gasteiger partial charge in [-0.15, -0.1) is 0 Å². The quantitative estimate of drug-likeness (QED) is 0.790. The Morgan fingerprint density at radius 2 is 1.85 bits per heavy atom. The fourth-order valence-corrected chi connectivity index (χ4v) is 2.09. The second kappa shape index (κ2) is 4.74. The van der Waals surface area contributed by atoms with Gasteiger partial charge in [-0.1, -0.05) is 6.07 Å². The molecule has 108 valence electrons. The SMILES string of the molecule is CC1(C)OB(c2cccc(OCC3CC3)n2)OC1(C)C. The van der Waals surface area contributed by atoms with E-state index in [1.165, 1.54) is 12.8 Å². The third kappa shape index (κ3) is 2.70. The van der Waals surface area contributed by atoms with Gasteiger partial charge < -0.3 is 14.0 Å². The molecule has 0 amide bonds. The van der Waals surface area contributed by atoms with Gasteiger partial charge in [-0.2, -0.15) is 0 Å². The first kappa shape index (κ1) is 13.9. The number of pyridine rings is 1. The minimum absolute atomic E-state index is 0.343. The summed E-state index contributed by atoms with van der Waals surface area (Å²) < 4.78 is 17.7. The largest absolute Gasteiger partial charge is 0.514 e. The van der Waals surface area contributed by atoms with Crippen molar-refractivity contribution in [2.24, 2.45) is 5.92 Å². The first-order chi connectivity index (χ1) is 9.37. The van der Waals surface area contributed by atoms with E-state index < -0.39 is 7.12 Å². The molecule has 20 heavy (non-hydrogen) atoms. The van der Waals surface area contributed by atoms with Crippen LogP contribution in [-0.4, -0.2) is 29.9 Å². The molecule has 1 aliphatic heterocycles. The Hall–Kier alpha value is -1.07. The molecule has 1 aliphatic carbocycles. The summed E-state index contributed by atoms with van der Waals surface area (Å²) in [6.45, 7) is 8.93. The van der Waals surface area contributed by atoms with E-state index in [0.29, 0.717) is 5.88 Å². The van der Waals surface area contributed by atoms with Gasteiger partial charge in [0.2, 0.25) is 5.88 Å². The second-order valence-electron chi connectivity index (χ2n) is 6.74. The third-order valence-corrected chi connectivity index (χ3v) is 4.40. The van der Waals surface area contributed by atoms with E-state index in [-0.39, 0.29) is 11.2 Å². The molecular weight excluding hydrogens is 253 g/mol. The summed E-state index contributed by atoms with van der Waals surface area (Å²) in [6, 6.07) is 5.75. The van der Waals surface area contributed by atoms with Crippen LogP contribution in [0.1, 0.15) is 40.5 Å². The molecule has 0 aromatic carbocycles. The molecule has 2 heterocycles. The van der Waals surface area contributed by atoms with Crippen LogP contribution < -0.4 is 10.3 Å². The topological polar surface area (TPSA) is 40.6 Å². The smallest absolute Gasteiger partial charge is 0.477 e. The van der Waals surface area contributed by atoms with Crippen molar-refractivity contribution in [3.63, 3.8) is 0 Å². The predicted octanol–water partition coefficient (Wildman–Crippen LogP) is 2.17. The molecule has 2 fully saturated rings. The number of aromatic nitrogens is 1. The minimum Gasteiger partial charge on any atom is -0.477 e. The lowest BCUT2D eigenvalue weighted by Gasteiger charge is -2.32. The van der Waals surface area contributed by atoms with E-state index in [1.54, 1.807) is 0 Å². The van der Waals surface area contributed by atoms with Gasteiger partial charge >= 0.3 is 7.12 Å². The molecule has 3 rings (SSSR count). The van der Waals surface area contributed by atoms with Crippen molar-refractivity contribution in [1.82, 2.24) is 4.98 Å². The minimum atomic E-state index is -0.426. The van der Waals surface area contributed by atoms with Crippen LogP contribution in [0.3, 0.4) is 0 Å². The van der Waals surface area contributed by atoms with Crippen molar-refractivity contribution < 1.29 is 14.0 Å². The molecule has 0 N–H and O–H groups in total. The lowest BCUT2D eigenvalue weighted by Crippen LogP contribution is -2.41. The highest BCUT2D eigenvalue weighted by atomic mass is 16.7. The van der Waals surface area contributed by atoms with Crippen LogP contribution in [0.25, 0.3) is 0 Å². The first-order valence-electron chi connectivity index (χ1n) is 7.33. The fraction of sp³-hybridized carbons (Fsp3) is 0.667. The van der Waals surface area contributed by atoms with E-state index in [2.05, 4.69) is 4.98 Å². The van der Waals surface area contributed by atoms with Gasteiger partial charge in [0.15, 0.2) is 0 Å². The van der Waals surface area contributed by atoms with Crippen LogP contribution in [0.15, 0.2) is 18.2 Å². The highest BCUT2D eigenvalue weighted by Crippen LogP contribution is 2.36. The Kier molecular flexibility index (Phi) is 3.29. The number of ether oxygens (including phenoxy) is 1. The normalized spacial score (nSPS) is 23.9. The van der Waals surface area contributed by atoms with Crippen molar-refractivity contribution in [2.75, 3.05) is 6.61 Å². The van der Waals surface area contributed by atoms with Gasteiger partial charge in [0, 0.05) is 6.07 Å². The van der Waals surface area contributed by atoms with E-state index in [4.69, 9.17) is 14.0 Å². The average Bonchev–Trinajstić information content (AvgIpc) is 3.15. The van der Waals surface area contributed by atoms with Gasteiger partial charge in [-0.25, -0.2) is 4.98 Å². The van der Waals surface area contributed by atoms with Gasteiger partial charge in [-0.05, 0) is 52.5 Å². The van der Waals surface area contributed by atoms with Crippen LogP contribution in [0.4, 0.5) is 0 Å². The number of rotatable bonds is 4. The van der Waals surface area contributed by atoms with Crippen LogP contribution in [0.5, 0.6) is 5.88 Å². The lowest BCUT2D eigenvalue weighted by molar-refractivity contribution is 0.00578. The molecule has 1 aromatic heterocycles. The van der Waals surface area contributed by atoms with E-state index in [0.717, 1.165) is 18.1 Å². The highest BCUT2D eigenvalue weighted by molar-refractivity contribution is 6.61. The molecule has 1 saturated heterocycles. The summed E-state index contributed by atoms with van der Waals surface area (Å²) >= 11 is 0. The molecule has 0 radical (unpaired) electrons. The van der Waals surface area contributed by atoms with Crippen LogP contribution in [0.2, 0.25) is 0 Å². The highest BCUT2D eigenvalue weighted by Gasteiger charge is 2.52. The summed E-state index contributed by atoms with van der Waals surface area (Å²) in [4.78, 5) is 4.51. The molecular formula is C15H22BNO3. The third-order valence-electron chi connectivity index (χ3n) is 4.40. The molecule has 0 bridgehead atoms. The summed E-state index contributed by atoms with van der Waals surface area (Å²) in [5, 5.41) is 0. The van der Waals surface area contributed by atoms with Gasteiger partial charge in [0.05, 0.1) is 23.4 Å². The van der Waals surface area contributed by atoms with Crippen LogP contribution >= 0.6 is 0 Å². The average molecular weight is 275 g/mol. The zero-order valence-corrected chi connectivity index (χ0v) is 12.7. The Morgan fingerprint density at radius 3 is 2.45 bits per heavy atom. The van der Waals surface area contributed by atoms with Gasteiger partial charge in [0.25, 0.3) is 0 Å². The Morgan fingerprint density at radius 1 is 1.20 bits per heavy atom. The number of hydrogen-bond donors (Lipinski definition) is 0. The molecule has 1 saturated carbocycles. The molecule has 0 atom stereocenters.